The molecule has 4 nitrogen and oxygen atoms in total. The van der Waals surface area contributed by atoms with Crippen LogP contribution in [0.4, 0.5) is 8.78 Å². The number of benzene rings is 1. The summed E-state index contributed by atoms with van der Waals surface area (Å²) in [6, 6.07) is 3.42. The van der Waals surface area contributed by atoms with Crippen molar-refractivity contribution < 1.29 is 18.7 Å². The van der Waals surface area contributed by atoms with Crippen LogP contribution in [0.3, 0.4) is 0 Å². The van der Waals surface area contributed by atoms with Crippen LogP contribution in [0, 0.1) is 11.6 Å². The summed E-state index contributed by atoms with van der Waals surface area (Å²) in [4.78, 5) is 13.8. The van der Waals surface area contributed by atoms with Crippen LogP contribution in [0.1, 0.15) is 18.4 Å². The molecule has 1 aliphatic heterocycles. The zero-order valence-electron chi connectivity index (χ0n) is 11.8. The Kier molecular flexibility index (Phi) is 5.64. The Bertz CT molecular complexity index is 491. The number of aliphatic hydroxyl groups excluding tert-OH is 1. The highest BCUT2D eigenvalue weighted by Gasteiger charge is 2.22. The van der Waals surface area contributed by atoms with E-state index in [1.807, 2.05) is 0 Å². The van der Waals surface area contributed by atoms with E-state index in [-0.39, 0.29) is 37.1 Å². The first-order chi connectivity index (χ1) is 10.1. The molecule has 1 saturated heterocycles. The summed E-state index contributed by atoms with van der Waals surface area (Å²) < 4.78 is 26.5. The van der Waals surface area contributed by atoms with Crippen molar-refractivity contribution in [1.82, 2.24) is 10.2 Å². The van der Waals surface area contributed by atoms with Gasteiger partial charge in [0.2, 0.25) is 5.91 Å². The lowest BCUT2D eigenvalue weighted by Gasteiger charge is -2.25. The van der Waals surface area contributed by atoms with Crippen molar-refractivity contribution in [2.45, 2.75) is 25.3 Å². The van der Waals surface area contributed by atoms with Gasteiger partial charge in [-0.2, -0.15) is 0 Å². The molecule has 1 aromatic carbocycles. The van der Waals surface area contributed by atoms with E-state index < -0.39 is 11.6 Å². The van der Waals surface area contributed by atoms with Gasteiger partial charge in [-0.3, -0.25) is 4.79 Å². The van der Waals surface area contributed by atoms with Gasteiger partial charge in [0, 0.05) is 25.2 Å². The van der Waals surface area contributed by atoms with Crippen molar-refractivity contribution >= 4 is 5.91 Å². The fourth-order valence-electron chi connectivity index (χ4n) is 2.56. The van der Waals surface area contributed by atoms with Gasteiger partial charge in [-0.05, 0) is 31.0 Å². The zero-order chi connectivity index (χ0) is 15.2. The van der Waals surface area contributed by atoms with Gasteiger partial charge < -0.3 is 15.3 Å². The molecule has 0 bridgehead atoms. The molecule has 2 N–H and O–H groups in total. The third kappa shape index (κ3) is 4.47. The second-order valence-corrected chi connectivity index (χ2v) is 5.27. The number of hydrogen-bond acceptors (Lipinski definition) is 3. The molecule has 1 aliphatic rings. The molecule has 0 saturated carbocycles. The molecule has 1 atom stereocenters. The van der Waals surface area contributed by atoms with Gasteiger partial charge in [-0.1, -0.05) is 6.07 Å². The van der Waals surface area contributed by atoms with E-state index in [0.29, 0.717) is 6.54 Å². The van der Waals surface area contributed by atoms with Gasteiger partial charge in [0.1, 0.15) is 11.6 Å². The first-order valence-corrected chi connectivity index (χ1v) is 7.16. The minimum atomic E-state index is -0.716. The molecule has 1 aromatic rings. The Morgan fingerprint density at radius 3 is 2.86 bits per heavy atom. The van der Waals surface area contributed by atoms with Crippen molar-refractivity contribution in [2.24, 2.45) is 0 Å². The molecule has 0 radical (unpaired) electrons. The maximum absolute atomic E-state index is 13.6. The monoisotopic (exact) mass is 298 g/mol. The van der Waals surface area contributed by atoms with E-state index in [1.54, 1.807) is 0 Å². The van der Waals surface area contributed by atoms with Crippen LogP contribution >= 0.6 is 0 Å². The predicted molar refractivity (Wildman–Crippen MR) is 74.8 cm³/mol. The molecular formula is C15H20F2N2O2. The average molecular weight is 298 g/mol. The quantitative estimate of drug-likeness (QED) is 0.826. The minimum absolute atomic E-state index is 0.126. The summed E-state index contributed by atoms with van der Waals surface area (Å²) in [7, 11) is 0. The fraction of sp³-hybridized carbons (Fsp3) is 0.533. The summed E-state index contributed by atoms with van der Waals surface area (Å²) in [5.74, 6) is -1.64. The molecule has 116 valence electrons. The van der Waals surface area contributed by atoms with Crippen molar-refractivity contribution in [2.75, 3.05) is 26.2 Å². The van der Waals surface area contributed by atoms with Gasteiger partial charge in [0.15, 0.2) is 0 Å². The van der Waals surface area contributed by atoms with Crippen LogP contribution in [0.25, 0.3) is 0 Å². The molecule has 0 spiro atoms. The fourth-order valence-corrected chi connectivity index (χ4v) is 2.56. The first kappa shape index (κ1) is 15.9. The molecular weight excluding hydrogens is 278 g/mol. The number of nitrogens with one attached hydrogen (secondary N) is 1. The molecule has 21 heavy (non-hydrogen) atoms. The lowest BCUT2D eigenvalue weighted by atomic mass is 10.1. The average Bonchev–Trinajstić information content (AvgIpc) is 2.94. The summed E-state index contributed by atoms with van der Waals surface area (Å²) in [5.41, 5.74) is 0.170. The van der Waals surface area contributed by atoms with E-state index in [2.05, 4.69) is 5.32 Å². The van der Waals surface area contributed by atoms with Crippen LogP contribution < -0.4 is 5.32 Å². The van der Waals surface area contributed by atoms with Crippen LogP contribution in [0.5, 0.6) is 0 Å². The number of carbonyl (C=O) groups excluding carboxylic acids is 1. The molecule has 0 aliphatic carbocycles. The normalized spacial score (nSPS) is 18.0. The Hall–Kier alpha value is -1.53. The Morgan fingerprint density at radius 1 is 1.43 bits per heavy atom. The number of nitrogens with zero attached hydrogens (tertiary/aromatic N) is 1. The third-order valence-electron chi connectivity index (χ3n) is 3.68. The molecule has 1 unspecified atom stereocenters. The van der Waals surface area contributed by atoms with Crippen LogP contribution in [0.2, 0.25) is 0 Å². The Labute approximate surface area is 122 Å². The minimum Gasteiger partial charge on any atom is -0.395 e. The van der Waals surface area contributed by atoms with E-state index >= 15 is 0 Å². The molecule has 2 rings (SSSR count). The second-order valence-electron chi connectivity index (χ2n) is 5.27. The predicted octanol–water partition coefficient (Wildman–Crippen LogP) is 1.08. The molecule has 0 aromatic heterocycles. The topological polar surface area (TPSA) is 52.6 Å². The largest absolute Gasteiger partial charge is 0.395 e. The van der Waals surface area contributed by atoms with Gasteiger partial charge in [-0.15, -0.1) is 0 Å². The SMILES string of the molecule is O=C(Cc1ccc(F)cc1F)N(CCO)CC1CCCN1. The first-order valence-electron chi connectivity index (χ1n) is 7.16. The second kappa shape index (κ2) is 7.47. The van der Waals surface area contributed by atoms with Gasteiger partial charge in [0.25, 0.3) is 0 Å². The standard InChI is InChI=1S/C15H20F2N2O2/c16-12-4-3-11(14(17)9-12)8-15(21)19(6-7-20)10-13-2-1-5-18-13/h3-4,9,13,18,20H,1-2,5-8,10H2. The molecule has 1 amide bonds. The molecule has 1 heterocycles. The number of aliphatic hydroxyl groups is 1. The summed E-state index contributed by atoms with van der Waals surface area (Å²) >= 11 is 0. The van der Waals surface area contributed by atoms with Crippen LogP contribution in [-0.4, -0.2) is 48.2 Å². The van der Waals surface area contributed by atoms with E-state index in [1.165, 1.54) is 11.0 Å². The summed E-state index contributed by atoms with van der Waals surface area (Å²) in [5, 5.41) is 12.4. The molecule has 6 heteroatoms. The number of amides is 1. The highest BCUT2D eigenvalue weighted by Crippen LogP contribution is 2.13. The van der Waals surface area contributed by atoms with E-state index in [9.17, 15) is 13.6 Å². The number of rotatable bonds is 6. The number of halogens is 2. The van der Waals surface area contributed by atoms with E-state index in [4.69, 9.17) is 5.11 Å². The van der Waals surface area contributed by atoms with Crippen molar-refractivity contribution in [3.8, 4) is 0 Å². The zero-order valence-corrected chi connectivity index (χ0v) is 11.8. The number of carbonyl (C=O) groups is 1. The van der Waals surface area contributed by atoms with Crippen LogP contribution in [-0.2, 0) is 11.2 Å². The summed E-state index contributed by atoms with van der Waals surface area (Å²) in [6.07, 6.45) is 1.93. The third-order valence-corrected chi connectivity index (χ3v) is 3.68. The van der Waals surface area contributed by atoms with Crippen LogP contribution in [0.15, 0.2) is 18.2 Å². The smallest absolute Gasteiger partial charge is 0.227 e. The Morgan fingerprint density at radius 2 is 2.24 bits per heavy atom. The van der Waals surface area contributed by atoms with Gasteiger partial charge in [-0.25, -0.2) is 8.78 Å². The maximum Gasteiger partial charge on any atom is 0.227 e. The van der Waals surface area contributed by atoms with Crippen molar-refractivity contribution in [3.63, 3.8) is 0 Å². The highest BCUT2D eigenvalue weighted by molar-refractivity contribution is 5.78. The lowest BCUT2D eigenvalue weighted by Crippen LogP contribution is -2.43. The van der Waals surface area contributed by atoms with Gasteiger partial charge in [0.05, 0.1) is 13.0 Å². The van der Waals surface area contributed by atoms with Crippen molar-refractivity contribution in [1.29, 1.82) is 0 Å². The molecule has 1 fully saturated rings. The van der Waals surface area contributed by atoms with E-state index in [0.717, 1.165) is 31.5 Å². The summed E-state index contributed by atoms with van der Waals surface area (Å²) in [6.45, 7) is 1.52. The number of hydrogen-bond donors (Lipinski definition) is 2. The van der Waals surface area contributed by atoms with Crippen molar-refractivity contribution in [3.05, 3.63) is 35.4 Å². The Balaban J connectivity index is 1.99. The highest BCUT2D eigenvalue weighted by atomic mass is 19.1. The lowest BCUT2D eigenvalue weighted by molar-refractivity contribution is -0.131. The van der Waals surface area contributed by atoms with Gasteiger partial charge >= 0.3 is 0 Å². The maximum atomic E-state index is 13.6.